The third-order valence-electron chi connectivity index (χ3n) is 2.94. The van der Waals surface area contributed by atoms with Gasteiger partial charge in [-0.15, -0.1) is 0 Å². The van der Waals surface area contributed by atoms with Crippen LogP contribution in [0.5, 0.6) is 0 Å². The summed E-state index contributed by atoms with van der Waals surface area (Å²) < 4.78 is 5.31. The Balaban J connectivity index is 2.37. The monoisotopic (exact) mass is 241 g/mol. The summed E-state index contributed by atoms with van der Waals surface area (Å²) in [4.78, 5) is 2.17. The van der Waals surface area contributed by atoms with Gasteiger partial charge in [0.2, 0.25) is 0 Å². The first-order valence-corrected chi connectivity index (χ1v) is 5.84. The second-order valence-corrected chi connectivity index (χ2v) is 4.10. The van der Waals surface area contributed by atoms with Crippen LogP contribution in [0.1, 0.15) is 11.1 Å². The molecule has 1 saturated heterocycles. The van der Waals surface area contributed by atoms with E-state index < -0.39 is 0 Å². The standard InChI is InChI=1S/C14H15N3O/c1-2-14(16)12-7-11(10-15)8-13(9-12)17-3-5-18-6-4-17/h2,7-9,16H,1,3-6H2. The number of anilines is 1. The molecule has 1 N–H and O–H groups in total. The lowest BCUT2D eigenvalue weighted by Crippen LogP contribution is -2.36. The van der Waals surface area contributed by atoms with Crippen molar-refractivity contribution in [3.05, 3.63) is 42.0 Å². The third kappa shape index (κ3) is 2.58. The highest BCUT2D eigenvalue weighted by Crippen LogP contribution is 2.20. The average Bonchev–Trinajstić information content (AvgIpc) is 2.46. The normalized spacial score (nSPS) is 14.9. The van der Waals surface area contributed by atoms with Crippen molar-refractivity contribution < 1.29 is 4.74 Å². The first-order valence-electron chi connectivity index (χ1n) is 5.84. The molecule has 1 aliphatic rings. The minimum Gasteiger partial charge on any atom is -0.378 e. The molecule has 0 bridgehead atoms. The molecule has 4 nitrogen and oxygen atoms in total. The lowest BCUT2D eigenvalue weighted by Gasteiger charge is -2.29. The van der Waals surface area contributed by atoms with Crippen molar-refractivity contribution in [2.75, 3.05) is 31.2 Å². The van der Waals surface area contributed by atoms with E-state index in [-0.39, 0.29) is 0 Å². The van der Waals surface area contributed by atoms with E-state index in [1.807, 2.05) is 12.1 Å². The number of benzene rings is 1. The van der Waals surface area contributed by atoms with E-state index in [4.69, 9.17) is 15.4 Å². The molecular formula is C14H15N3O. The summed E-state index contributed by atoms with van der Waals surface area (Å²) in [5.41, 5.74) is 2.60. The van der Waals surface area contributed by atoms with Crippen molar-refractivity contribution >= 4 is 11.4 Å². The van der Waals surface area contributed by atoms with Crippen LogP contribution in [0.4, 0.5) is 5.69 Å². The SMILES string of the molecule is C=CC(=N)c1cc(C#N)cc(N2CCOCC2)c1. The molecule has 1 aromatic carbocycles. The van der Waals surface area contributed by atoms with Gasteiger partial charge in [-0.25, -0.2) is 0 Å². The molecule has 0 atom stereocenters. The zero-order valence-corrected chi connectivity index (χ0v) is 10.1. The van der Waals surface area contributed by atoms with E-state index in [0.29, 0.717) is 24.5 Å². The smallest absolute Gasteiger partial charge is 0.0992 e. The molecule has 1 aromatic rings. The van der Waals surface area contributed by atoms with Crippen molar-refractivity contribution in [1.29, 1.82) is 10.7 Å². The Bertz CT molecular complexity index is 510. The van der Waals surface area contributed by atoms with E-state index in [1.165, 1.54) is 6.08 Å². The van der Waals surface area contributed by atoms with E-state index in [0.717, 1.165) is 24.3 Å². The number of hydrogen-bond acceptors (Lipinski definition) is 4. The number of rotatable bonds is 3. The molecule has 0 spiro atoms. The van der Waals surface area contributed by atoms with Crippen molar-refractivity contribution in [3.63, 3.8) is 0 Å². The highest BCUT2D eigenvalue weighted by Gasteiger charge is 2.13. The molecule has 0 aliphatic carbocycles. The minimum atomic E-state index is 0.335. The molecular weight excluding hydrogens is 226 g/mol. The van der Waals surface area contributed by atoms with E-state index in [2.05, 4.69) is 17.5 Å². The second-order valence-electron chi connectivity index (χ2n) is 4.10. The van der Waals surface area contributed by atoms with E-state index in [9.17, 15) is 0 Å². The van der Waals surface area contributed by atoms with Gasteiger partial charge in [-0.2, -0.15) is 5.26 Å². The summed E-state index contributed by atoms with van der Waals surface area (Å²) in [6, 6.07) is 7.63. The fourth-order valence-electron chi connectivity index (χ4n) is 1.95. The van der Waals surface area contributed by atoms with Crippen molar-refractivity contribution in [2.45, 2.75) is 0 Å². The molecule has 0 unspecified atom stereocenters. The van der Waals surface area contributed by atoms with Gasteiger partial charge in [0.05, 0.1) is 30.6 Å². The van der Waals surface area contributed by atoms with Gasteiger partial charge in [0.1, 0.15) is 0 Å². The lowest BCUT2D eigenvalue weighted by molar-refractivity contribution is 0.122. The maximum Gasteiger partial charge on any atom is 0.0992 e. The highest BCUT2D eigenvalue weighted by molar-refractivity contribution is 6.06. The first kappa shape index (κ1) is 12.3. The first-order chi connectivity index (χ1) is 8.74. The van der Waals surface area contributed by atoms with E-state index >= 15 is 0 Å². The Kier molecular flexibility index (Phi) is 3.75. The number of hydrogen-bond donors (Lipinski definition) is 1. The molecule has 1 heterocycles. The Morgan fingerprint density at radius 3 is 2.72 bits per heavy atom. The zero-order valence-electron chi connectivity index (χ0n) is 10.1. The van der Waals surface area contributed by atoms with Crippen LogP contribution >= 0.6 is 0 Å². The molecule has 92 valence electrons. The largest absolute Gasteiger partial charge is 0.378 e. The summed E-state index contributed by atoms with van der Waals surface area (Å²) in [6.45, 7) is 6.62. The fourth-order valence-corrected chi connectivity index (χ4v) is 1.95. The maximum atomic E-state index is 9.05. The summed E-state index contributed by atoms with van der Waals surface area (Å²) in [6.07, 6.45) is 1.49. The molecule has 1 fully saturated rings. The maximum absolute atomic E-state index is 9.05. The molecule has 4 heteroatoms. The Morgan fingerprint density at radius 2 is 2.11 bits per heavy atom. The van der Waals surface area contributed by atoms with Gasteiger partial charge >= 0.3 is 0 Å². The molecule has 0 radical (unpaired) electrons. The molecule has 18 heavy (non-hydrogen) atoms. The third-order valence-corrected chi connectivity index (χ3v) is 2.94. The van der Waals surface area contributed by atoms with Gasteiger partial charge in [-0.05, 0) is 24.3 Å². The van der Waals surface area contributed by atoms with Crippen LogP contribution in [0.15, 0.2) is 30.9 Å². The number of nitrogens with zero attached hydrogens (tertiary/aromatic N) is 2. The van der Waals surface area contributed by atoms with Crippen molar-refractivity contribution in [3.8, 4) is 6.07 Å². The predicted octanol–water partition coefficient (Wildman–Crippen LogP) is 1.95. The minimum absolute atomic E-state index is 0.335. The van der Waals surface area contributed by atoms with Crippen LogP contribution in [0.2, 0.25) is 0 Å². The quantitative estimate of drug-likeness (QED) is 0.823. The van der Waals surface area contributed by atoms with Gasteiger partial charge in [-0.3, -0.25) is 0 Å². The number of nitrogens with one attached hydrogen (secondary N) is 1. The van der Waals surface area contributed by atoms with Crippen LogP contribution in [0.25, 0.3) is 0 Å². The van der Waals surface area contributed by atoms with Crippen LogP contribution < -0.4 is 4.90 Å². The van der Waals surface area contributed by atoms with Gasteiger partial charge in [-0.1, -0.05) is 6.58 Å². The van der Waals surface area contributed by atoms with Crippen LogP contribution in [-0.2, 0) is 4.74 Å². The second kappa shape index (κ2) is 5.48. The molecule has 1 aliphatic heterocycles. The Labute approximate surface area is 107 Å². The van der Waals surface area contributed by atoms with Crippen LogP contribution in [-0.4, -0.2) is 32.0 Å². The highest BCUT2D eigenvalue weighted by atomic mass is 16.5. The van der Waals surface area contributed by atoms with Crippen molar-refractivity contribution in [1.82, 2.24) is 0 Å². The summed E-state index contributed by atoms with van der Waals surface area (Å²) in [5.74, 6) is 0. The summed E-state index contributed by atoms with van der Waals surface area (Å²) in [5, 5.41) is 16.8. The van der Waals surface area contributed by atoms with Crippen LogP contribution in [0, 0.1) is 16.7 Å². The van der Waals surface area contributed by atoms with Gasteiger partial charge in [0, 0.05) is 24.3 Å². The molecule has 0 saturated carbocycles. The average molecular weight is 241 g/mol. The number of allylic oxidation sites excluding steroid dienone is 1. The van der Waals surface area contributed by atoms with Gasteiger partial charge < -0.3 is 15.0 Å². The lowest BCUT2D eigenvalue weighted by atomic mass is 10.0. The Morgan fingerprint density at radius 1 is 1.39 bits per heavy atom. The predicted molar refractivity (Wildman–Crippen MR) is 71.2 cm³/mol. The topological polar surface area (TPSA) is 60.1 Å². The number of ether oxygens (including phenoxy) is 1. The summed E-state index contributed by atoms with van der Waals surface area (Å²) >= 11 is 0. The molecule has 0 aromatic heterocycles. The van der Waals surface area contributed by atoms with Crippen LogP contribution in [0.3, 0.4) is 0 Å². The Hall–Kier alpha value is -2.12. The molecule has 0 amide bonds. The van der Waals surface area contributed by atoms with Crippen molar-refractivity contribution in [2.24, 2.45) is 0 Å². The summed E-state index contributed by atoms with van der Waals surface area (Å²) in [7, 11) is 0. The number of morpholine rings is 1. The molecule has 2 rings (SSSR count). The fraction of sp³-hybridized carbons (Fsp3) is 0.286. The van der Waals surface area contributed by atoms with Gasteiger partial charge in [0.15, 0.2) is 0 Å². The van der Waals surface area contributed by atoms with Gasteiger partial charge in [0.25, 0.3) is 0 Å². The zero-order chi connectivity index (χ0) is 13.0. The van der Waals surface area contributed by atoms with E-state index in [1.54, 1.807) is 6.07 Å². The number of nitriles is 1.